The Morgan fingerprint density at radius 2 is 2.13 bits per heavy atom. The number of likely N-dealkylation sites (N-methyl/N-ethyl adjacent to an activating group) is 1. The number of nitrogens with one attached hydrogen (secondary N) is 2. The number of hydrogen-bond donors (Lipinski definition) is 2. The summed E-state index contributed by atoms with van der Waals surface area (Å²) in [6, 6.07) is 0.299. The van der Waals surface area contributed by atoms with E-state index in [9.17, 15) is 8.42 Å². The van der Waals surface area contributed by atoms with Gasteiger partial charge in [0, 0.05) is 25.7 Å². The topological polar surface area (TPSA) is 61.4 Å². The molecule has 1 unspecified atom stereocenters. The minimum Gasteiger partial charge on any atom is -0.316 e. The molecule has 0 aromatic carbocycles. The van der Waals surface area contributed by atoms with Crippen LogP contribution in [0.1, 0.15) is 19.8 Å². The maximum absolute atomic E-state index is 11.6. The molecule has 1 fully saturated rings. The van der Waals surface area contributed by atoms with Crippen LogP contribution >= 0.6 is 12.4 Å². The van der Waals surface area contributed by atoms with Crippen LogP contribution in [-0.2, 0) is 10.2 Å². The standard InChI is InChI=1S/C8H19N3O2S.ClH/c1-3-5-10-14(12,13)11-6-4-8(7-11)9-2;/h8-10H,3-7H2,1-2H3;1H. The zero-order valence-corrected chi connectivity index (χ0v) is 10.8. The largest absolute Gasteiger partial charge is 0.316 e. The highest BCUT2D eigenvalue weighted by molar-refractivity contribution is 7.87. The van der Waals surface area contributed by atoms with Gasteiger partial charge >= 0.3 is 0 Å². The molecule has 15 heavy (non-hydrogen) atoms. The minimum atomic E-state index is -3.22. The quantitative estimate of drug-likeness (QED) is 0.726. The highest BCUT2D eigenvalue weighted by Crippen LogP contribution is 2.11. The molecular formula is C8H20ClN3O2S. The molecule has 1 saturated heterocycles. The second-order valence-electron chi connectivity index (χ2n) is 3.53. The lowest BCUT2D eigenvalue weighted by Gasteiger charge is -2.16. The van der Waals surface area contributed by atoms with Crippen LogP contribution in [-0.4, -0.2) is 45.4 Å². The molecule has 92 valence electrons. The Hall–Kier alpha value is 0.120. The molecule has 1 aliphatic rings. The van der Waals surface area contributed by atoms with Crippen molar-refractivity contribution in [3.8, 4) is 0 Å². The van der Waals surface area contributed by atoms with Crippen LogP contribution in [0.5, 0.6) is 0 Å². The molecule has 0 aromatic heterocycles. The van der Waals surface area contributed by atoms with E-state index in [1.165, 1.54) is 4.31 Å². The minimum absolute atomic E-state index is 0. The van der Waals surface area contributed by atoms with Gasteiger partial charge in [-0.25, -0.2) is 4.72 Å². The summed E-state index contributed by atoms with van der Waals surface area (Å²) in [7, 11) is -1.36. The van der Waals surface area contributed by atoms with Crippen molar-refractivity contribution >= 4 is 22.6 Å². The van der Waals surface area contributed by atoms with Gasteiger partial charge in [0.2, 0.25) is 0 Å². The summed E-state index contributed by atoms with van der Waals surface area (Å²) in [5.74, 6) is 0. The molecule has 0 radical (unpaired) electrons. The summed E-state index contributed by atoms with van der Waals surface area (Å²) >= 11 is 0. The number of rotatable bonds is 5. The maximum atomic E-state index is 11.6. The first kappa shape index (κ1) is 15.1. The van der Waals surface area contributed by atoms with Gasteiger partial charge in [-0.2, -0.15) is 12.7 Å². The van der Waals surface area contributed by atoms with Crippen molar-refractivity contribution < 1.29 is 8.42 Å². The Labute approximate surface area is 98.2 Å². The SMILES string of the molecule is CCCNS(=O)(=O)N1CCC(NC)C1.Cl. The Morgan fingerprint density at radius 3 is 2.60 bits per heavy atom. The Balaban J connectivity index is 0.00000196. The Bertz CT molecular complexity index is 271. The highest BCUT2D eigenvalue weighted by atomic mass is 35.5. The van der Waals surface area contributed by atoms with Crippen LogP contribution in [0.25, 0.3) is 0 Å². The molecule has 0 amide bonds. The molecule has 5 nitrogen and oxygen atoms in total. The molecule has 0 aromatic rings. The number of nitrogens with zero attached hydrogens (tertiary/aromatic N) is 1. The number of hydrogen-bond acceptors (Lipinski definition) is 3. The zero-order valence-electron chi connectivity index (χ0n) is 9.19. The van der Waals surface area contributed by atoms with E-state index in [0.717, 1.165) is 12.8 Å². The molecule has 0 aliphatic carbocycles. The van der Waals surface area contributed by atoms with Crippen molar-refractivity contribution in [2.24, 2.45) is 0 Å². The van der Waals surface area contributed by atoms with E-state index in [-0.39, 0.29) is 12.4 Å². The van der Waals surface area contributed by atoms with Crippen LogP contribution in [0.2, 0.25) is 0 Å². The van der Waals surface area contributed by atoms with Crippen molar-refractivity contribution in [1.82, 2.24) is 14.3 Å². The summed E-state index contributed by atoms with van der Waals surface area (Å²) in [4.78, 5) is 0. The molecule has 7 heteroatoms. The Morgan fingerprint density at radius 1 is 1.47 bits per heavy atom. The summed E-state index contributed by atoms with van der Waals surface area (Å²) in [5.41, 5.74) is 0. The number of halogens is 1. The monoisotopic (exact) mass is 257 g/mol. The lowest BCUT2D eigenvalue weighted by molar-refractivity contribution is 0.453. The van der Waals surface area contributed by atoms with Crippen LogP contribution < -0.4 is 10.0 Å². The van der Waals surface area contributed by atoms with E-state index in [4.69, 9.17) is 0 Å². The molecule has 1 heterocycles. The van der Waals surface area contributed by atoms with Crippen molar-refractivity contribution in [2.75, 3.05) is 26.7 Å². The van der Waals surface area contributed by atoms with Gasteiger partial charge < -0.3 is 5.32 Å². The third-order valence-corrected chi connectivity index (χ3v) is 4.01. The van der Waals surface area contributed by atoms with Crippen molar-refractivity contribution in [3.63, 3.8) is 0 Å². The average molecular weight is 258 g/mol. The molecule has 1 aliphatic heterocycles. The zero-order chi connectivity index (χ0) is 10.6. The van der Waals surface area contributed by atoms with Gasteiger partial charge in [0.1, 0.15) is 0 Å². The first-order valence-electron chi connectivity index (χ1n) is 5.02. The molecular weight excluding hydrogens is 238 g/mol. The van der Waals surface area contributed by atoms with Crippen LogP contribution in [0.4, 0.5) is 0 Å². The summed E-state index contributed by atoms with van der Waals surface area (Å²) in [6.45, 7) is 3.66. The lowest BCUT2D eigenvalue weighted by atomic mass is 10.3. The van der Waals surface area contributed by atoms with Gasteiger partial charge in [-0.1, -0.05) is 6.92 Å². The second kappa shape index (κ2) is 6.65. The summed E-state index contributed by atoms with van der Waals surface area (Å²) < 4.78 is 27.3. The lowest BCUT2D eigenvalue weighted by Crippen LogP contribution is -2.41. The van der Waals surface area contributed by atoms with Crippen LogP contribution in [0.3, 0.4) is 0 Å². The van der Waals surface area contributed by atoms with Gasteiger partial charge in [0.05, 0.1) is 0 Å². The third-order valence-electron chi connectivity index (χ3n) is 2.43. The predicted molar refractivity (Wildman–Crippen MR) is 63.5 cm³/mol. The molecule has 0 spiro atoms. The smallest absolute Gasteiger partial charge is 0.279 e. The molecule has 2 N–H and O–H groups in total. The third kappa shape index (κ3) is 4.24. The second-order valence-corrected chi connectivity index (χ2v) is 5.29. The van der Waals surface area contributed by atoms with Gasteiger partial charge in [-0.15, -0.1) is 12.4 Å². The summed E-state index contributed by atoms with van der Waals surface area (Å²) in [5, 5.41) is 3.09. The molecule has 0 saturated carbocycles. The van der Waals surface area contributed by atoms with E-state index in [1.54, 1.807) is 0 Å². The van der Waals surface area contributed by atoms with E-state index in [2.05, 4.69) is 10.0 Å². The van der Waals surface area contributed by atoms with Crippen LogP contribution in [0, 0.1) is 0 Å². The molecule has 1 atom stereocenters. The van der Waals surface area contributed by atoms with Gasteiger partial charge in [-0.05, 0) is 19.9 Å². The Kier molecular flexibility index (Phi) is 6.70. The van der Waals surface area contributed by atoms with Gasteiger partial charge in [0.25, 0.3) is 10.2 Å². The van der Waals surface area contributed by atoms with Crippen LogP contribution in [0.15, 0.2) is 0 Å². The van der Waals surface area contributed by atoms with Gasteiger partial charge in [-0.3, -0.25) is 0 Å². The van der Waals surface area contributed by atoms with E-state index < -0.39 is 10.2 Å². The summed E-state index contributed by atoms with van der Waals surface area (Å²) in [6.07, 6.45) is 1.71. The van der Waals surface area contributed by atoms with Gasteiger partial charge in [0.15, 0.2) is 0 Å². The maximum Gasteiger partial charge on any atom is 0.279 e. The fraction of sp³-hybridized carbons (Fsp3) is 1.00. The first-order chi connectivity index (χ1) is 6.60. The van der Waals surface area contributed by atoms with Crippen molar-refractivity contribution in [2.45, 2.75) is 25.8 Å². The fourth-order valence-electron chi connectivity index (χ4n) is 1.50. The van der Waals surface area contributed by atoms with E-state index in [1.807, 2.05) is 14.0 Å². The average Bonchev–Trinajstić information content (AvgIpc) is 2.63. The predicted octanol–water partition coefficient (Wildman–Crippen LogP) is -0.0537. The molecule has 0 bridgehead atoms. The normalized spacial score (nSPS) is 22.7. The van der Waals surface area contributed by atoms with Crippen molar-refractivity contribution in [3.05, 3.63) is 0 Å². The van der Waals surface area contributed by atoms with E-state index >= 15 is 0 Å². The fourth-order valence-corrected chi connectivity index (χ4v) is 2.87. The van der Waals surface area contributed by atoms with Crippen molar-refractivity contribution in [1.29, 1.82) is 0 Å². The molecule has 1 rings (SSSR count). The van der Waals surface area contributed by atoms with E-state index in [0.29, 0.717) is 25.7 Å². The highest BCUT2D eigenvalue weighted by Gasteiger charge is 2.29. The first-order valence-corrected chi connectivity index (χ1v) is 6.46.